The van der Waals surface area contributed by atoms with Crippen LogP contribution in [0.4, 0.5) is 13.2 Å². The predicted octanol–water partition coefficient (Wildman–Crippen LogP) is 4.05. The second-order valence-electron chi connectivity index (χ2n) is 9.80. The summed E-state index contributed by atoms with van der Waals surface area (Å²) in [6, 6.07) is -0.995. The van der Waals surface area contributed by atoms with Crippen molar-refractivity contribution in [2.24, 2.45) is 28.6 Å². The molecule has 4 rings (SSSR count). The molecule has 9 atom stereocenters. The Morgan fingerprint density at radius 1 is 1.29 bits per heavy atom. The number of aliphatic hydroxyl groups is 2. The summed E-state index contributed by atoms with van der Waals surface area (Å²) >= 11 is 0.371. The number of alkyl halides is 3. The van der Waals surface area contributed by atoms with Gasteiger partial charge in [0.25, 0.3) is 0 Å². The molecule has 2 N–H and O–H groups in total. The second kappa shape index (κ2) is 7.71. The number of allylic oxidation sites excluding steroid dienone is 4. The van der Waals surface area contributed by atoms with Gasteiger partial charge in [-0.05, 0) is 55.7 Å². The largest absolute Gasteiger partial charge is 0.390 e. The van der Waals surface area contributed by atoms with Crippen LogP contribution in [0.2, 0.25) is 0 Å². The van der Waals surface area contributed by atoms with Crippen LogP contribution in [0, 0.1) is 28.6 Å². The minimum atomic E-state index is -2.26. The van der Waals surface area contributed by atoms with Crippen molar-refractivity contribution in [1.82, 2.24) is 0 Å². The summed E-state index contributed by atoms with van der Waals surface area (Å²) in [6.07, 6.45) is 0.306. The van der Waals surface area contributed by atoms with Gasteiger partial charge < -0.3 is 10.2 Å². The lowest BCUT2D eigenvalue weighted by Crippen LogP contribution is -2.70. The number of thioether (sulfide) groups is 1. The van der Waals surface area contributed by atoms with Gasteiger partial charge in [0, 0.05) is 16.7 Å². The van der Waals surface area contributed by atoms with E-state index in [4.69, 9.17) is 0 Å². The van der Waals surface area contributed by atoms with Gasteiger partial charge in [0.15, 0.2) is 11.5 Å². The molecule has 4 nitrogen and oxygen atoms in total. The molecule has 0 aromatic heterocycles. The number of carbonyl (C=O) groups is 2. The van der Waals surface area contributed by atoms with Crippen LogP contribution in [0.1, 0.15) is 40.0 Å². The molecule has 3 saturated carbocycles. The van der Waals surface area contributed by atoms with E-state index in [2.05, 4.69) is 0 Å². The molecule has 4 aliphatic rings. The summed E-state index contributed by atoms with van der Waals surface area (Å²) in [7, 11) is 0. The maximum atomic E-state index is 16.9. The maximum absolute atomic E-state index is 16.9. The van der Waals surface area contributed by atoms with Gasteiger partial charge in [-0.2, -0.15) is 0 Å². The molecule has 0 aliphatic heterocycles. The molecule has 0 bridgehead atoms. The van der Waals surface area contributed by atoms with E-state index >= 15 is 8.78 Å². The summed E-state index contributed by atoms with van der Waals surface area (Å²) in [4.78, 5) is 24.6. The molecule has 9 heteroatoms. The molecule has 0 heterocycles. The first-order valence-electron chi connectivity index (χ1n) is 10.3. The quantitative estimate of drug-likeness (QED) is 0.570. The minimum absolute atomic E-state index is 0. The highest BCUT2D eigenvalue weighted by Gasteiger charge is 2.76. The lowest BCUT2D eigenvalue weighted by atomic mass is 9.44. The van der Waals surface area contributed by atoms with Crippen molar-refractivity contribution < 1.29 is 33.0 Å². The Morgan fingerprint density at radius 2 is 1.94 bits per heavy atom. The molecule has 31 heavy (non-hydrogen) atoms. The van der Waals surface area contributed by atoms with Gasteiger partial charge in [-0.25, -0.2) is 13.2 Å². The highest BCUT2D eigenvalue weighted by atomic mass is 79.9. The first-order chi connectivity index (χ1) is 13.9. The van der Waals surface area contributed by atoms with Gasteiger partial charge in [0.2, 0.25) is 5.12 Å². The molecule has 174 valence electrons. The van der Waals surface area contributed by atoms with Crippen LogP contribution in [-0.4, -0.2) is 50.7 Å². The zero-order valence-electron chi connectivity index (χ0n) is 17.6. The standard InChI is InChI=1S/C22H27F3O4S.BrH/c1-11-6-13-14-8-16(24)15-7-12(26)4-5-19(15,2)21(14,25)17(27)9-20(13,3)22(11,29)18(28)30-10-23;/h4-5,7,11,13-14,16-17,27,29H,6,8-10H2,1-3H3;1H/t11-,13+,14+,16+,17+,19+,20+,21+,22+;/m1./s1. The van der Waals surface area contributed by atoms with Crippen molar-refractivity contribution in [2.75, 3.05) is 6.01 Å². The Balaban J connectivity index is 0.00000272. The Morgan fingerprint density at radius 3 is 2.55 bits per heavy atom. The summed E-state index contributed by atoms with van der Waals surface area (Å²) in [5, 5.41) is 21.9. The Kier molecular flexibility index (Phi) is 6.21. The second-order valence-corrected chi connectivity index (χ2v) is 10.7. The Bertz CT molecular complexity index is 868. The highest BCUT2D eigenvalue weighted by Crippen LogP contribution is 2.71. The lowest BCUT2D eigenvalue weighted by molar-refractivity contribution is -0.221. The minimum Gasteiger partial charge on any atom is -0.390 e. The fourth-order valence-corrected chi connectivity index (χ4v) is 7.89. The number of rotatable bonds is 2. The van der Waals surface area contributed by atoms with E-state index in [1.54, 1.807) is 13.8 Å². The van der Waals surface area contributed by atoms with Gasteiger partial charge in [-0.15, -0.1) is 17.0 Å². The number of ketones is 1. The molecule has 0 radical (unpaired) electrons. The Hall–Kier alpha value is -0.640. The number of fused-ring (bicyclic) bond motifs is 5. The van der Waals surface area contributed by atoms with Crippen LogP contribution in [-0.2, 0) is 9.59 Å². The molecule has 0 amide bonds. The Labute approximate surface area is 194 Å². The molecule has 0 spiro atoms. The zero-order chi connectivity index (χ0) is 22.3. The number of halogens is 4. The predicted molar refractivity (Wildman–Crippen MR) is 117 cm³/mol. The molecule has 0 unspecified atom stereocenters. The van der Waals surface area contributed by atoms with E-state index in [0.717, 1.165) is 6.08 Å². The first-order valence-corrected chi connectivity index (χ1v) is 11.3. The molecule has 0 aromatic rings. The van der Waals surface area contributed by atoms with E-state index < -0.39 is 69.0 Å². The highest BCUT2D eigenvalue weighted by molar-refractivity contribution is 8.93. The van der Waals surface area contributed by atoms with Crippen LogP contribution in [0.15, 0.2) is 23.8 Å². The molecule has 3 fully saturated rings. The van der Waals surface area contributed by atoms with E-state index in [0.29, 0.717) is 11.8 Å². The zero-order valence-corrected chi connectivity index (χ0v) is 20.1. The topological polar surface area (TPSA) is 74.6 Å². The molecule has 4 aliphatic carbocycles. The van der Waals surface area contributed by atoms with Gasteiger partial charge in [0.1, 0.15) is 17.8 Å². The van der Waals surface area contributed by atoms with Crippen molar-refractivity contribution in [2.45, 2.75) is 63.6 Å². The van der Waals surface area contributed by atoms with E-state index in [1.165, 1.54) is 19.1 Å². The van der Waals surface area contributed by atoms with Gasteiger partial charge in [-0.1, -0.05) is 31.7 Å². The lowest BCUT2D eigenvalue weighted by Gasteiger charge is -2.63. The van der Waals surface area contributed by atoms with Crippen LogP contribution in [0.3, 0.4) is 0 Å². The van der Waals surface area contributed by atoms with Crippen molar-refractivity contribution in [3.63, 3.8) is 0 Å². The third-order valence-corrected chi connectivity index (χ3v) is 9.39. The fraction of sp³-hybridized carbons (Fsp3) is 0.727. The summed E-state index contributed by atoms with van der Waals surface area (Å²) in [6.45, 7) is 4.79. The molecule has 0 aromatic carbocycles. The molecule has 0 saturated heterocycles. The average molecular weight is 525 g/mol. The number of aliphatic hydroxyl groups excluding tert-OH is 1. The monoisotopic (exact) mass is 524 g/mol. The van der Waals surface area contributed by atoms with Gasteiger partial charge in [-0.3, -0.25) is 9.59 Å². The number of hydrogen-bond acceptors (Lipinski definition) is 5. The third-order valence-electron chi connectivity index (χ3n) is 8.71. The van der Waals surface area contributed by atoms with E-state index in [9.17, 15) is 24.2 Å². The van der Waals surface area contributed by atoms with Crippen LogP contribution >= 0.6 is 28.7 Å². The smallest absolute Gasteiger partial charge is 0.223 e. The number of hydrogen-bond donors (Lipinski definition) is 2. The van der Waals surface area contributed by atoms with Gasteiger partial charge in [0.05, 0.1) is 6.10 Å². The van der Waals surface area contributed by atoms with E-state index in [1.807, 2.05) is 0 Å². The van der Waals surface area contributed by atoms with Crippen molar-refractivity contribution in [3.05, 3.63) is 23.8 Å². The van der Waals surface area contributed by atoms with Crippen molar-refractivity contribution in [1.29, 1.82) is 0 Å². The third kappa shape index (κ3) is 2.88. The van der Waals surface area contributed by atoms with Crippen molar-refractivity contribution in [3.8, 4) is 0 Å². The summed E-state index contributed by atoms with van der Waals surface area (Å²) in [5.74, 6) is -2.57. The average Bonchev–Trinajstić information content (AvgIpc) is 2.88. The summed E-state index contributed by atoms with van der Waals surface area (Å²) < 4.78 is 45.1. The number of carbonyl (C=O) groups excluding carboxylic acids is 2. The van der Waals surface area contributed by atoms with Gasteiger partial charge >= 0.3 is 0 Å². The van der Waals surface area contributed by atoms with Crippen molar-refractivity contribution >= 4 is 39.6 Å². The normalized spacial score (nSPS) is 50.6. The summed E-state index contributed by atoms with van der Waals surface area (Å²) in [5.41, 5.74) is -6.91. The molecular formula is C22H28BrF3O4S. The SMILES string of the molecule is Br.C[C@@H]1C[C@H]2[C@@H]3C[C@H](F)C4=CC(=O)C=C[C@]4(C)[C@@]3(F)[C@@H](O)C[C@]2(C)[C@@]1(O)C(=O)SCF. The molecular weight excluding hydrogens is 497 g/mol. The van der Waals surface area contributed by atoms with Crippen LogP contribution in [0.25, 0.3) is 0 Å². The maximum Gasteiger partial charge on any atom is 0.223 e. The van der Waals surface area contributed by atoms with Crippen LogP contribution in [0.5, 0.6) is 0 Å². The van der Waals surface area contributed by atoms with Crippen LogP contribution < -0.4 is 0 Å². The van der Waals surface area contributed by atoms with E-state index in [-0.39, 0.29) is 41.8 Å². The fourth-order valence-electron chi connectivity index (χ4n) is 7.13. The first kappa shape index (κ1) is 25.0.